The van der Waals surface area contributed by atoms with E-state index in [-0.39, 0.29) is 18.1 Å². The molecule has 0 fully saturated rings. The molecular formula is C16H22BrNO7S. The minimum Gasteiger partial charge on any atom is -0.465 e. The lowest BCUT2D eigenvalue weighted by Gasteiger charge is -2.24. The minimum absolute atomic E-state index is 0.00316. The summed E-state index contributed by atoms with van der Waals surface area (Å²) in [4.78, 5) is 22.5. The molecule has 0 saturated carbocycles. The third kappa shape index (κ3) is 6.04. The van der Waals surface area contributed by atoms with E-state index in [4.69, 9.17) is 9.47 Å². The lowest BCUT2D eigenvalue weighted by atomic mass is 10.1. The van der Waals surface area contributed by atoms with Gasteiger partial charge in [0.15, 0.2) is 6.10 Å². The van der Waals surface area contributed by atoms with E-state index in [2.05, 4.69) is 20.7 Å². The van der Waals surface area contributed by atoms with Gasteiger partial charge < -0.3 is 14.6 Å². The van der Waals surface area contributed by atoms with Crippen LogP contribution in [0.1, 0.15) is 19.4 Å². The minimum atomic E-state index is -4.10. The van der Waals surface area contributed by atoms with Gasteiger partial charge in [0.1, 0.15) is 6.04 Å². The number of esters is 2. The summed E-state index contributed by atoms with van der Waals surface area (Å²) in [5, 5.41) is 10.0. The van der Waals surface area contributed by atoms with Gasteiger partial charge in [-0.15, -0.1) is 0 Å². The summed E-state index contributed by atoms with van der Waals surface area (Å²) in [5.41, 5.74) is 0.863. The predicted molar refractivity (Wildman–Crippen MR) is 97.3 cm³/mol. The van der Waals surface area contributed by atoms with Crippen molar-refractivity contribution in [2.75, 3.05) is 13.2 Å². The van der Waals surface area contributed by atoms with E-state index in [9.17, 15) is 23.1 Å². The van der Waals surface area contributed by atoms with Gasteiger partial charge in [-0.05, 0) is 32.9 Å². The third-order valence-corrected chi connectivity index (χ3v) is 5.79. The maximum Gasteiger partial charge on any atom is 0.336 e. The summed E-state index contributed by atoms with van der Waals surface area (Å²) in [6.07, 6.45) is -1.77. The molecule has 0 aliphatic heterocycles. The van der Waals surface area contributed by atoms with Gasteiger partial charge in [-0.2, -0.15) is 4.72 Å². The van der Waals surface area contributed by atoms with Gasteiger partial charge in [-0.25, -0.2) is 13.2 Å². The zero-order valence-electron chi connectivity index (χ0n) is 14.6. The molecule has 0 aliphatic rings. The first kappa shape index (κ1) is 22.6. The highest BCUT2D eigenvalue weighted by molar-refractivity contribution is 9.09. The van der Waals surface area contributed by atoms with Crippen molar-refractivity contribution in [3.63, 3.8) is 0 Å². The molecule has 1 rings (SSSR count). The van der Waals surface area contributed by atoms with Crippen LogP contribution in [-0.2, 0) is 29.1 Å². The number of hydrogen-bond acceptors (Lipinski definition) is 7. The fourth-order valence-corrected chi connectivity index (χ4v) is 3.91. The molecule has 2 N–H and O–H groups in total. The van der Waals surface area contributed by atoms with Crippen LogP contribution in [0.25, 0.3) is 0 Å². The molecule has 0 amide bonds. The van der Waals surface area contributed by atoms with Crippen molar-refractivity contribution in [2.24, 2.45) is 0 Å². The van der Waals surface area contributed by atoms with Crippen molar-refractivity contribution in [2.45, 2.75) is 42.6 Å². The summed E-state index contributed by atoms with van der Waals surface area (Å²) in [6, 6.07) is 4.43. The average molecular weight is 452 g/mol. The number of nitrogens with one attached hydrogen (secondary N) is 1. The van der Waals surface area contributed by atoms with Crippen molar-refractivity contribution in [3.05, 3.63) is 29.8 Å². The average Bonchev–Trinajstić information content (AvgIpc) is 2.59. The number of aryl methyl sites for hydroxylation is 1. The van der Waals surface area contributed by atoms with E-state index in [1.54, 1.807) is 32.9 Å². The summed E-state index contributed by atoms with van der Waals surface area (Å²) in [5.74, 6) is -1.92. The molecule has 1 aromatic carbocycles. The number of aliphatic hydroxyl groups excluding tert-OH is 1. The molecule has 0 saturated heterocycles. The Labute approximate surface area is 161 Å². The molecule has 0 aliphatic carbocycles. The maximum absolute atomic E-state index is 12.5. The van der Waals surface area contributed by atoms with Crippen LogP contribution in [0.4, 0.5) is 0 Å². The van der Waals surface area contributed by atoms with E-state index in [0.29, 0.717) is 0 Å². The summed E-state index contributed by atoms with van der Waals surface area (Å²) < 4.78 is 36.8. The standard InChI is InChI=1S/C16H22BrNO7S/c1-4-24-15(20)13(12(17)14(19)16(21)25-5-2)18-26(22,23)11-8-6-10(3)7-9-11/h6-9,12-14,18-19H,4-5H2,1-3H3/t12-,13-,14-/m1/s1. The van der Waals surface area contributed by atoms with E-state index in [1.807, 2.05) is 0 Å². The van der Waals surface area contributed by atoms with Crippen molar-refractivity contribution < 1.29 is 32.6 Å². The van der Waals surface area contributed by atoms with Crippen LogP contribution in [-0.4, -0.2) is 55.6 Å². The molecule has 10 heteroatoms. The van der Waals surface area contributed by atoms with Crippen molar-refractivity contribution in [1.29, 1.82) is 0 Å². The van der Waals surface area contributed by atoms with Crippen LogP contribution in [0.15, 0.2) is 29.2 Å². The normalized spacial score (nSPS) is 15.0. The van der Waals surface area contributed by atoms with Crippen LogP contribution in [0.5, 0.6) is 0 Å². The number of halogens is 1. The fraction of sp³-hybridized carbons (Fsp3) is 0.500. The van der Waals surface area contributed by atoms with Gasteiger partial charge in [-0.1, -0.05) is 33.6 Å². The van der Waals surface area contributed by atoms with Crippen LogP contribution in [0, 0.1) is 6.92 Å². The Morgan fingerprint density at radius 1 is 1.12 bits per heavy atom. The second-order valence-corrected chi connectivity index (χ2v) is 8.08. The molecular weight excluding hydrogens is 430 g/mol. The first-order chi connectivity index (χ1) is 12.1. The van der Waals surface area contributed by atoms with Crippen LogP contribution in [0.3, 0.4) is 0 Å². The van der Waals surface area contributed by atoms with E-state index >= 15 is 0 Å². The SMILES string of the molecule is CCOC(=O)[C@H](O)[C@H](Br)[C@@H](NS(=O)(=O)c1ccc(C)cc1)C(=O)OCC. The molecule has 0 radical (unpaired) electrons. The Kier molecular flexibility index (Phi) is 8.68. The molecule has 0 aromatic heterocycles. The second-order valence-electron chi connectivity index (χ2n) is 5.31. The number of ether oxygens (including phenoxy) is 2. The van der Waals surface area contributed by atoms with Gasteiger partial charge in [0.2, 0.25) is 10.0 Å². The van der Waals surface area contributed by atoms with Crippen molar-refractivity contribution in [1.82, 2.24) is 4.72 Å². The largest absolute Gasteiger partial charge is 0.465 e. The summed E-state index contributed by atoms with van der Waals surface area (Å²) in [6.45, 7) is 4.92. The predicted octanol–water partition coefficient (Wildman–Crippen LogP) is 0.893. The van der Waals surface area contributed by atoms with E-state index in [0.717, 1.165) is 5.56 Å². The first-order valence-electron chi connectivity index (χ1n) is 7.88. The lowest BCUT2D eigenvalue weighted by Crippen LogP contribution is -2.53. The van der Waals surface area contributed by atoms with Crippen LogP contribution >= 0.6 is 15.9 Å². The van der Waals surface area contributed by atoms with E-state index < -0.39 is 38.9 Å². The van der Waals surface area contributed by atoms with Gasteiger partial charge in [0, 0.05) is 0 Å². The van der Waals surface area contributed by atoms with Crippen molar-refractivity contribution in [3.8, 4) is 0 Å². The summed E-state index contributed by atoms with van der Waals surface area (Å²) >= 11 is 3.01. The Hall–Kier alpha value is -1.49. The number of alkyl halides is 1. The number of rotatable bonds is 9. The lowest BCUT2D eigenvalue weighted by molar-refractivity contribution is -0.154. The Balaban J connectivity index is 3.11. The van der Waals surface area contributed by atoms with Crippen molar-refractivity contribution >= 4 is 37.9 Å². The molecule has 0 heterocycles. The van der Waals surface area contributed by atoms with E-state index in [1.165, 1.54) is 12.1 Å². The first-order valence-corrected chi connectivity index (χ1v) is 10.3. The fourth-order valence-electron chi connectivity index (χ4n) is 1.97. The topological polar surface area (TPSA) is 119 Å². The highest BCUT2D eigenvalue weighted by Crippen LogP contribution is 2.18. The highest BCUT2D eigenvalue weighted by atomic mass is 79.9. The van der Waals surface area contributed by atoms with Gasteiger partial charge in [0.25, 0.3) is 0 Å². The van der Waals surface area contributed by atoms with Gasteiger partial charge >= 0.3 is 11.9 Å². The maximum atomic E-state index is 12.5. The molecule has 146 valence electrons. The number of carbonyl (C=O) groups excluding carboxylic acids is 2. The number of benzene rings is 1. The third-order valence-electron chi connectivity index (χ3n) is 3.30. The zero-order valence-corrected chi connectivity index (χ0v) is 17.0. The Morgan fingerprint density at radius 3 is 2.12 bits per heavy atom. The molecule has 0 spiro atoms. The number of sulfonamides is 1. The molecule has 0 unspecified atom stereocenters. The molecule has 0 bridgehead atoms. The monoisotopic (exact) mass is 451 g/mol. The Bertz CT molecular complexity index is 721. The molecule has 3 atom stereocenters. The molecule has 1 aromatic rings. The zero-order chi connectivity index (χ0) is 19.9. The highest BCUT2D eigenvalue weighted by Gasteiger charge is 2.39. The van der Waals surface area contributed by atoms with Crippen LogP contribution in [0.2, 0.25) is 0 Å². The summed E-state index contributed by atoms with van der Waals surface area (Å²) in [7, 11) is -4.10. The number of carbonyl (C=O) groups is 2. The van der Waals surface area contributed by atoms with Gasteiger partial charge in [-0.3, -0.25) is 4.79 Å². The van der Waals surface area contributed by atoms with Crippen LogP contribution < -0.4 is 4.72 Å². The smallest absolute Gasteiger partial charge is 0.336 e. The molecule has 8 nitrogen and oxygen atoms in total. The Morgan fingerprint density at radius 2 is 1.62 bits per heavy atom. The quantitative estimate of drug-likeness (QED) is 0.422. The number of aliphatic hydroxyl groups is 1. The second kappa shape index (κ2) is 10.0. The molecule has 26 heavy (non-hydrogen) atoms. The van der Waals surface area contributed by atoms with Gasteiger partial charge in [0.05, 0.1) is 22.9 Å². The number of hydrogen-bond donors (Lipinski definition) is 2.